The van der Waals surface area contributed by atoms with Crippen molar-refractivity contribution in [1.29, 1.82) is 0 Å². The molecule has 0 saturated heterocycles. The summed E-state index contributed by atoms with van der Waals surface area (Å²) in [6.45, 7) is 13.6. The van der Waals surface area contributed by atoms with E-state index in [0.29, 0.717) is 0 Å². The van der Waals surface area contributed by atoms with Gasteiger partial charge in [-0.3, -0.25) is 0 Å². The fraction of sp³-hybridized carbons (Fsp3) is 0.118. The first-order valence-corrected chi connectivity index (χ1v) is 25.2. The number of benzene rings is 10. The molecule has 73 heavy (non-hydrogen) atoms. The van der Waals surface area contributed by atoms with Gasteiger partial charge in [-0.15, -0.1) is 0 Å². The molecule has 10 aromatic carbocycles. The molecule has 0 atom stereocenters. The predicted octanol–water partition coefficient (Wildman–Crippen LogP) is 20.3. The first-order valence-electron chi connectivity index (χ1n) is 25.2. The Balaban J connectivity index is 0.883. The van der Waals surface area contributed by atoms with Crippen molar-refractivity contribution in [1.82, 2.24) is 0 Å². The maximum atomic E-state index is 6.80. The monoisotopic (exact) mass is 946 g/mol. The lowest BCUT2D eigenvalue weighted by molar-refractivity contribution is 0.590. The van der Waals surface area contributed by atoms with E-state index in [1.807, 2.05) is 0 Å². The molecule has 13 aromatic rings. The van der Waals surface area contributed by atoms with Gasteiger partial charge in [0.15, 0.2) is 0 Å². The lowest BCUT2D eigenvalue weighted by Crippen LogP contribution is -2.14. The number of hydrogen-bond acceptors (Lipinski definition) is 5. The fourth-order valence-electron chi connectivity index (χ4n) is 10.6. The van der Waals surface area contributed by atoms with E-state index in [0.717, 1.165) is 99.9 Å². The molecule has 0 amide bonds. The van der Waals surface area contributed by atoms with Crippen LogP contribution in [-0.4, -0.2) is 0 Å². The van der Waals surface area contributed by atoms with E-state index in [1.165, 1.54) is 33.4 Å². The van der Waals surface area contributed by atoms with E-state index in [4.69, 9.17) is 13.3 Å². The molecule has 0 saturated carbocycles. The SMILES string of the molecule is CC(C)(C)c1cccc(N(c2ccc(-c3ccccc3)cc2)c2ccc3c(c2)oc2cc4c(cc23)oc2cc3c(cc24)oc2cc(N(c4ccc(-c5ccccc5)cc4)c4cccc(C(C)(C)C)c4)ccc23)c1. The average Bonchev–Trinajstić information content (AvgIpc) is 4.07. The van der Waals surface area contributed by atoms with Crippen molar-refractivity contribution in [3.8, 4) is 22.3 Å². The van der Waals surface area contributed by atoms with Crippen molar-refractivity contribution in [2.45, 2.75) is 52.4 Å². The van der Waals surface area contributed by atoms with Gasteiger partial charge in [0.1, 0.15) is 33.5 Å². The summed E-state index contributed by atoms with van der Waals surface area (Å²) < 4.78 is 20.3. The van der Waals surface area contributed by atoms with Crippen molar-refractivity contribution < 1.29 is 13.3 Å². The number of rotatable bonds is 8. The molecule has 0 unspecified atom stereocenters. The highest BCUT2D eigenvalue weighted by Gasteiger charge is 2.23. The molecule has 0 aliphatic rings. The molecule has 0 N–H and O–H groups in total. The minimum atomic E-state index is -0.0129. The van der Waals surface area contributed by atoms with Crippen LogP contribution in [0.5, 0.6) is 0 Å². The summed E-state index contributed by atoms with van der Waals surface area (Å²) >= 11 is 0. The van der Waals surface area contributed by atoms with Gasteiger partial charge in [-0.2, -0.15) is 0 Å². The molecule has 0 aliphatic carbocycles. The highest BCUT2D eigenvalue weighted by Crippen LogP contribution is 2.45. The van der Waals surface area contributed by atoms with Crippen molar-refractivity contribution >= 4 is 99.9 Å². The number of hydrogen-bond donors (Lipinski definition) is 0. The van der Waals surface area contributed by atoms with Gasteiger partial charge in [-0.05, 0) is 141 Å². The van der Waals surface area contributed by atoms with E-state index < -0.39 is 0 Å². The fourth-order valence-corrected chi connectivity index (χ4v) is 10.6. The highest BCUT2D eigenvalue weighted by molar-refractivity contribution is 6.19. The van der Waals surface area contributed by atoms with Gasteiger partial charge in [-0.25, -0.2) is 0 Å². The van der Waals surface area contributed by atoms with Crippen LogP contribution in [0.1, 0.15) is 52.7 Å². The van der Waals surface area contributed by atoms with Gasteiger partial charge in [0.25, 0.3) is 0 Å². The number of anilines is 6. The maximum absolute atomic E-state index is 6.80. The third kappa shape index (κ3) is 7.89. The second-order valence-corrected chi connectivity index (χ2v) is 21.5. The van der Waals surface area contributed by atoms with Crippen LogP contribution in [0.3, 0.4) is 0 Å². The zero-order valence-corrected chi connectivity index (χ0v) is 41.9. The van der Waals surface area contributed by atoms with Gasteiger partial charge < -0.3 is 23.1 Å². The van der Waals surface area contributed by atoms with Crippen LogP contribution in [0, 0.1) is 0 Å². The first kappa shape index (κ1) is 44.2. The van der Waals surface area contributed by atoms with E-state index in [9.17, 15) is 0 Å². The molecule has 0 aliphatic heterocycles. The Morgan fingerprint density at radius 3 is 0.904 bits per heavy atom. The zero-order valence-electron chi connectivity index (χ0n) is 41.9. The molecule has 354 valence electrons. The largest absolute Gasteiger partial charge is 0.456 e. The number of fused-ring (bicyclic) bond motifs is 9. The molecular weight excluding hydrogens is 893 g/mol. The van der Waals surface area contributed by atoms with Crippen LogP contribution in [0.2, 0.25) is 0 Å². The molecule has 5 heteroatoms. The van der Waals surface area contributed by atoms with E-state index in [-0.39, 0.29) is 10.8 Å². The van der Waals surface area contributed by atoms with Gasteiger partial charge in [0.2, 0.25) is 0 Å². The van der Waals surface area contributed by atoms with Crippen molar-refractivity contribution in [3.05, 3.63) is 230 Å². The Hall–Kier alpha value is -8.80. The van der Waals surface area contributed by atoms with E-state index in [2.05, 4.69) is 270 Å². The molecule has 3 aromatic heterocycles. The molecular formula is C68H54N2O3. The summed E-state index contributed by atoms with van der Waals surface area (Å²) in [5, 5.41) is 6.04. The van der Waals surface area contributed by atoms with Crippen LogP contribution >= 0.6 is 0 Å². The Morgan fingerprint density at radius 1 is 0.247 bits per heavy atom. The van der Waals surface area contributed by atoms with Crippen LogP contribution in [0.4, 0.5) is 34.1 Å². The molecule has 13 rings (SSSR count). The summed E-state index contributed by atoms with van der Waals surface area (Å²) in [4.78, 5) is 4.64. The van der Waals surface area contributed by atoms with Crippen molar-refractivity contribution in [2.75, 3.05) is 9.80 Å². The lowest BCUT2D eigenvalue weighted by Gasteiger charge is -2.28. The predicted molar refractivity (Wildman–Crippen MR) is 306 cm³/mol. The molecule has 0 radical (unpaired) electrons. The molecule has 3 heterocycles. The smallest absolute Gasteiger partial charge is 0.137 e. The number of furan rings is 3. The third-order valence-electron chi connectivity index (χ3n) is 14.5. The quantitative estimate of drug-likeness (QED) is 0.152. The van der Waals surface area contributed by atoms with Crippen molar-refractivity contribution in [2.24, 2.45) is 0 Å². The summed E-state index contributed by atoms with van der Waals surface area (Å²) in [6.07, 6.45) is 0. The van der Waals surface area contributed by atoms with Gasteiger partial charge in [-0.1, -0.05) is 151 Å². The van der Waals surface area contributed by atoms with Crippen LogP contribution in [-0.2, 0) is 10.8 Å². The first-order chi connectivity index (χ1) is 35.4. The normalized spacial score (nSPS) is 12.2. The van der Waals surface area contributed by atoms with Crippen LogP contribution < -0.4 is 9.80 Å². The minimum Gasteiger partial charge on any atom is -0.456 e. The van der Waals surface area contributed by atoms with E-state index >= 15 is 0 Å². The van der Waals surface area contributed by atoms with Crippen LogP contribution in [0.15, 0.2) is 232 Å². The van der Waals surface area contributed by atoms with Gasteiger partial charge in [0.05, 0.1) is 0 Å². The summed E-state index contributed by atoms with van der Waals surface area (Å²) in [5.41, 5.74) is 18.4. The topological polar surface area (TPSA) is 45.9 Å². The van der Waals surface area contributed by atoms with E-state index in [1.54, 1.807) is 0 Å². The van der Waals surface area contributed by atoms with Gasteiger partial charge in [0, 0.05) is 78.6 Å². The standard InChI is InChI=1S/C68H54N2O3/c1-67(2,3)47-19-13-21-51(35-47)69(49-27-23-45(24-28-49)43-15-9-7-10-16-43)53-31-33-55-57-39-65-59(41-63(57)71-61(55)37-53)60-42-64-58(40-66(60)73-65)56-34-32-54(38-62(56)72-64)70(52-22-14-20-48(36-52)68(4,5)6)50-29-25-46(26-30-50)44-17-11-8-12-18-44/h7-42H,1-6H3. The summed E-state index contributed by atoms with van der Waals surface area (Å²) in [5.74, 6) is 0. The Kier molecular flexibility index (Phi) is 10.2. The Morgan fingerprint density at radius 2 is 0.548 bits per heavy atom. The molecule has 0 spiro atoms. The molecule has 5 nitrogen and oxygen atoms in total. The summed E-state index contributed by atoms with van der Waals surface area (Å²) in [7, 11) is 0. The maximum Gasteiger partial charge on any atom is 0.137 e. The highest BCUT2D eigenvalue weighted by atomic mass is 16.3. The average molecular weight is 947 g/mol. The second kappa shape index (κ2) is 16.9. The molecule has 0 fully saturated rings. The van der Waals surface area contributed by atoms with Crippen molar-refractivity contribution in [3.63, 3.8) is 0 Å². The minimum absolute atomic E-state index is 0.0129. The zero-order chi connectivity index (χ0) is 49.6. The second-order valence-electron chi connectivity index (χ2n) is 21.5. The third-order valence-corrected chi connectivity index (χ3v) is 14.5. The van der Waals surface area contributed by atoms with Crippen LogP contribution in [0.25, 0.3) is 88.1 Å². The molecule has 0 bridgehead atoms. The summed E-state index contributed by atoms with van der Waals surface area (Å²) in [6, 6.07) is 78.0. The van der Waals surface area contributed by atoms with Gasteiger partial charge >= 0.3 is 0 Å². The Bertz CT molecular complexity index is 3930. The number of nitrogens with zero attached hydrogens (tertiary/aromatic N) is 2. The Labute approximate surface area is 425 Å². The lowest BCUT2D eigenvalue weighted by atomic mass is 9.87.